The number of carbonyl (C=O) groups is 2. The number of ether oxygens (including phenoxy) is 2. The van der Waals surface area contributed by atoms with Gasteiger partial charge in [-0.3, -0.25) is 14.5 Å². The van der Waals surface area contributed by atoms with E-state index in [1.165, 1.54) is 18.9 Å². The van der Waals surface area contributed by atoms with E-state index in [4.69, 9.17) is 26.1 Å². The summed E-state index contributed by atoms with van der Waals surface area (Å²) >= 11 is 7.50. The van der Waals surface area contributed by atoms with Crippen molar-refractivity contribution in [3.63, 3.8) is 0 Å². The first-order valence-electron chi connectivity index (χ1n) is 11.8. The molecule has 7 nitrogen and oxygen atoms in total. The van der Waals surface area contributed by atoms with Crippen molar-refractivity contribution >= 4 is 62.5 Å². The summed E-state index contributed by atoms with van der Waals surface area (Å²) in [5.41, 5.74) is 1.33. The Kier molecular flexibility index (Phi) is 7.46. The molecule has 0 radical (unpaired) electrons. The standard InChI is InChI=1S/C27H26ClN3O4S/c1-34-23-12-11-18(14-21(23)28)29-25(32)15-24-26(33)31(16-19-8-5-13-35-19)27(36-24)30-22-10-4-7-17-6-2-3-9-20(17)22/h2-4,6-7,9-12,14,19,24H,5,8,13,15-16H2,1H3,(H,29,32)/t19-,24-/m1/s1. The second kappa shape index (κ2) is 10.9. The molecule has 0 unspecified atom stereocenters. The van der Waals surface area contributed by atoms with Crippen LogP contribution >= 0.6 is 23.4 Å². The van der Waals surface area contributed by atoms with Crippen LogP contribution in [-0.4, -0.2) is 53.5 Å². The molecule has 2 saturated heterocycles. The van der Waals surface area contributed by atoms with Gasteiger partial charge in [-0.25, -0.2) is 4.99 Å². The molecule has 5 rings (SSSR count). The summed E-state index contributed by atoms with van der Waals surface area (Å²) in [7, 11) is 1.53. The van der Waals surface area contributed by atoms with Gasteiger partial charge in [-0.1, -0.05) is 59.8 Å². The van der Waals surface area contributed by atoms with Crippen LogP contribution in [0.2, 0.25) is 5.02 Å². The summed E-state index contributed by atoms with van der Waals surface area (Å²) in [6.07, 6.45) is 1.87. The third-order valence-corrected chi connectivity index (χ3v) is 7.69. The van der Waals surface area contributed by atoms with Crippen LogP contribution in [0.4, 0.5) is 11.4 Å². The predicted octanol–water partition coefficient (Wildman–Crippen LogP) is 5.64. The van der Waals surface area contributed by atoms with Crippen molar-refractivity contribution in [3.05, 3.63) is 65.7 Å². The molecule has 0 saturated carbocycles. The summed E-state index contributed by atoms with van der Waals surface area (Å²) < 4.78 is 11.0. The topological polar surface area (TPSA) is 80.2 Å². The van der Waals surface area contributed by atoms with E-state index in [1.807, 2.05) is 42.5 Å². The molecule has 2 heterocycles. The number of nitrogens with one attached hydrogen (secondary N) is 1. The second-order valence-electron chi connectivity index (χ2n) is 8.68. The number of methoxy groups -OCH3 is 1. The van der Waals surface area contributed by atoms with Crippen LogP contribution < -0.4 is 10.1 Å². The van der Waals surface area contributed by atoms with Crippen LogP contribution in [0.3, 0.4) is 0 Å². The van der Waals surface area contributed by atoms with Crippen LogP contribution in [0.15, 0.2) is 65.7 Å². The van der Waals surface area contributed by atoms with Gasteiger partial charge in [0, 0.05) is 24.1 Å². The molecule has 2 atom stereocenters. The lowest BCUT2D eigenvalue weighted by Gasteiger charge is -2.20. The van der Waals surface area contributed by atoms with Gasteiger partial charge in [0.15, 0.2) is 5.17 Å². The Labute approximate surface area is 218 Å². The molecule has 9 heteroatoms. The summed E-state index contributed by atoms with van der Waals surface area (Å²) in [5, 5.41) is 5.33. The van der Waals surface area contributed by atoms with Crippen LogP contribution in [0, 0.1) is 0 Å². The lowest BCUT2D eigenvalue weighted by molar-refractivity contribution is -0.129. The quantitative estimate of drug-likeness (QED) is 0.433. The first-order chi connectivity index (χ1) is 17.5. The normalized spacial score (nSPS) is 20.9. The number of amides is 2. The van der Waals surface area contributed by atoms with E-state index in [0.29, 0.717) is 34.8 Å². The molecule has 2 amide bonds. The number of nitrogens with zero attached hydrogens (tertiary/aromatic N) is 2. The Morgan fingerprint density at radius 2 is 2.06 bits per heavy atom. The molecule has 36 heavy (non-hydrogen) atoms. The number of halogens is 1. The molecular formula is C27H26ClN3O4S. The van der Waals surface area contributed by atoms with Gasteiger partial charge < -0.3 is 14.8 Å². The number of hydrogen-bond acceptors (Lipinski definition) is 6. The smallest absolute Gasteiger partial charge is 0.242 e. The van der Waals surface area contributed by atoms with Crippen molar-refractivity contribution in [1.29, 1.82) is 0 Å². The van der Waals surface area contributed by atoms with E-state index in [9.17, 15) is 9.59 Å². The highest BCUT2D eigenvalue weighted by Gasteiger charge is 2.40. The maximum Gasteiger partial charge on any atom is 0.242 e. The average Bonchev–Trinajstić information content (AvgIpc) is 3.49. The van der Waals surface area contributed by atoms with Gasteiger partial charge >= 0.3 is 0 Å². The lowest BCUT2D eigenvalue weighted by atomic mass is 10.1. The van der Waals surface area contributed by atoms with E-state index in [1.54, 1.807) is 23.1 Å². The second-order valence-corrected chi connectivity index (χ2v) is 10.3. The summed E-state index contributed by atoms with van der Waals surface area (Å²) in [6.45, 7) is 1.13. The molecule has 0 aliphatic carbocycles. The SMILES string of the molecule is COc1ccc(NC(=O)C[C@H]2SC(=Nc3cccc4ccccc34)N(C[C@H]3CCCO3)C2=O)cc1Cl. The molecule has 2 aliphatic rings. The van der Waals surface area contributed by atoms with Crippen LogP contribution in [-0.2, 0) is 14.3 Å². The molecule has 1 N–H and O–H groups in total. The zero-order valence-electron chi connectivity index (χ0n) is 19.8. The van der Waals surface area contributed by atoms with Gasteiger partial charge in [0.2, 0.25) is 11.8 Å². The Morgan fingerprint density at radius 1 is 1.22 bits per heavy atom. The van der Waals surface area contributed by atoms with Crippen molar-refractivity contribution in [2.24, 2.45) is 4.99 Å². The first kappa shape index (κ1) is 24.6. The van der Waals surface area contributed by atoms with Crippen molar-refractivity contribution in [2.45, 2.75) is 30.6 Å². The Bertz CT molecular complexity index is 1320. The fourth-order valence-corrected chi connectivity index (χ4v) is 5.84. The zero-order chi connectivity index (χ0) is 25.1. The van der Waals surface area contributed by atoms with Gasteiger partial charge in [-0.05, 0) is 42.5 Å². The Hall–Kier alpha value is -3.07. The van der Waals surface area contributed by atoms with Crippen molar-refractivity contribution < 1.29 is 19.1 Å². The Morgan fingerprint density at radius 3 is 2.83 bits per heavy atom. The summed E-state index contributed by atoms with van der Waals surface area (Å²) in [6, 6.07) is 19.0. The fraction of sp³-hybridized carbons (Fsp3) is 0.296. The van der Waals surface area contributed by atoms with Crippen LogP contribution in [0.1, 0.15) is 19.3 Å². The highest BCUT2D eigenvalue weighted by molar-refractivity contribution is 8.15. The molecule has 0 spiro atoms. The number of rotatable bonds is 7. The van der Waals surface area contributed by atoms with Crippen LogP contribution in [0.25, 0.3) is 10.8 Å². The third-order valence-electron chi connectivity index (χ3n) is 6.22. The highest BCUT2D eigenvalue weighted by Crippen LogP contribution is 2.35. The minimum atomic E-state index is -0.575. The molecule has 0 aromatic heterocycles. The molecule has 3 aromatic carbocycles. The predicted molar refractivity (Wildman–Crippen MR) is 144 cm³/mol. The minimum Gasteiger partial charge on any atom is -0.495 e. The highest BCUT2D eigenvalue weighted by atomic mass is 35.5. The monoisotopic (exact) mass is 523 g/mol. The lowest BCUT2D eigenvalue weighted by Crippen LogP contribution is -2.38. The maximum atomic E-state index is 13.4. The molecular weight excluding hydrogens is 498 g/mol. The van der Waals surface area contributed by atoms with Crippen LogP contribution in [0.5, 0.6) is 5.75 Å². The van der Waals surface area contributed by atoms with Gasteiger partial charge in [0.05, 0.1) is 30.5 Å². The summed E-state index contributed by atoms with van der Waals surface area (Å²) in [5.74, 6) is 0.123. The number of fused-ring (bicyclic) bond motifs is 1. The maximum absolute atomic E-state index is 13.4. The minimum absolute atomic E-state index is 0.0176. The fourth-order valence-electron chi connectivity index (χ4n) is 4.42. The van der Waals surface area contributed by atoms with E-state index in [0.717, 1.165) is 29.3 Å². The molecule has 2 aliphatic heterocycles. The molecule has 186 valence electrons. The van der Waals surface area contributed by atoms with Crippen molar-refractivity contribution in [2.75, 3.05) is 25.6 Å². The summed E-state index contributed by atoms with van der Waals surface area (Å²) in [4.78, 5) is 32.9. The molecule has 2 fully saturated rings. The third kappa shape index (κ3) is 5.36. The van der Waals surface area contributed by atoms with Gasteiger partial charge in [0.25, 0.3) is 0 Å². The van der Waals surface area contributed by atoms with Gasteiger partial charge in [0.1, 0.15) is 11.0 Å². The van der Waals surface area contributed by atoms with E-state index in [-0.39, 0.29) is 24.3 Å². The van der Waals surface area contributed by atoms with E-state index in [2.05, 4.69) is 5.32 Å². The number of amidine groups is 1. The molecule has 3 aromatic rings. The number of anilines is 1. The number of thioether (sulfide) groups is 1. The number of hydrogen-bond donors (Lipinski definition) is 1. The number of aliphatic imine (C=N–C) groups is 1. The first-order valence-corrected chi connectivity index (χ1v) is 13.1. The average molecular weight is 524 g/mol. The Balaban J connectivity index is 1.37. The number of benzene rings is 3. The zero-order valence-corrected chi connectivity index (χ0v) is 21.3. The van der Waals surface area contributed by atoms with Gasteiger partial charge in [-0.15, -0.1) is 0 Å². The van der Waals surface area contributed by atoms with E-state index >= 15 is 0 Å². The van der Waals surface area contributed by atoms with Gasteiger partial charge in [-0.2, -0.15) is 0 Å². The molecule has 0 bridgehead atoms. The largest absolute Gasteiger partial charge is 0.495 e. The van der Waals surface area contributed by atoms with Crippen molar-refractivity contribution in [3.8, 4) is 5.75 Å². The van der Waals surface area contributed by atoms with E-state index < -0.39 is 5.25 Å². The number of carbonyl (C=O) groups excluding carboxylic acids is 2. The van der Waals surface area contributed by atoms with Crippen molar-refractivity contribution in [1.82, 2.24) is 4.90 Å².